The number of rotatable bonds is 8. The summed E-state index contributed by atoms with van der Waals surface area (Å²) in [6.45, 7) is 7.79. The predicted molar refractivity (Wildman–Crippen MR) is 151 cm³/mol. The van der Waals surface area contributed by atoms with Gasteiger partial charge in [0.15, 0.2) is 0 Å². The quantitative estimate of drug-likeness (QED) is 0.212. The molecule has 1 unspecified atom stereocenters. The molecule has 0 bridgehead atoms. The molecule has 3 aromatic rings. The molecule has 38 heavy (non-hydrogen) atoms. The SMILES string of the molecule is CCN(CC)c1ccc(C2/C(=C(\O)c3cc(OC)c(Cl)cc3OC)C(=O)C(=O)N2c2ccc(C)cc2)cc1. The number of methoxy groups -OCH3 is 2. The van der Waals surface area contributed by atoms with Crippen molar-refractivity contribution in [2.75, 3.05) is 37.1 Å². The Morgan fingerprint density at radius 1 is 0.947 bits per heavy atom. The Bertz CT molecular complexity index is 1380. The third-order valence-electron chi connectivity index (χ3n) is 6.82. The first-order chi connectivity index (χ1) is 18.2. The van der Waals surface area contributed by atoms with Gasteiger partial charge in [-0.3, -0.25) is 14.5 Å². The van der Waals surface area contributed by atoms with Crippen LogP contribution in [0, 0.1) is 6.92 Å². The second-order valence-corrected chi connectivity index (χ2v) is 9.36. The van der Waals surface area contributed by atoms with Crippen molar-refractivity contribution < 1.29 is 24.2 Å². The zero-order valence-electron chi connectivity index (χ0n) is 22.1. The third kappa shape index (κ3) is 4.82. The van der Waals surface area contributed by atoms with Crippen LogP contribution in [0.5, 0.6) is 11.5 Å². The highest BCUT2D eigenvalue weighted by Crippen LogP contribution is 2.45. The van der Waals surface area contributed by atoms with Crippen LogP contribution in [-0.4, -0.2) is 44.1 Å². The number of aliphatic hydroxyl groups excluding tert-OH is 1. The smallest absolute Gasteiger partial charge is 0.300 e. The summed E-state index contributed by atoms with van der Waals surface area (Å²) in [4.78, 5) is 30.6. The molecule has 0 aromatic heterocycles. The lowest BCUT2D eigenvalue weighted by Crippen LogP contribution is -2.29. The second kappa shape index (κ2) is 11.2. The average molecular weight is 535 g/mol. The van der Waals surface area contributed by atoms with E-state index in [1.54, 1.807) is 12.1 Å². The fraction of sp³-hybridized carbons (Fsp3) is 0.267. The van der Waals surface area contributed by atoms with Gasteiger partial charge in [0.05, 0.1) is 36.4 Å². The number of ether oxygens (including phenoxy) is 2. The lowest BCUT2D eigenvalue weighted by molar-refractivity contribution is -0.132. The summed E-state index contributed by atoms with van der Waals surface area (Å²) in [5.74, 6) is -1.36. The van der Waals surface area contributed by atoms with Crippen LogP contribution in [0.15, 0.2) is 66.2 Å². The molecule has 8 heteroatoms. The van der Waals surface area contributed by atoms with Crippen LogP contribution in [0.25, 0.3) is 5.76 Å². The number of amides is 1. The maximum atomic E-state index is 13.5. The van der Waals surface area contributed by atoms with Gasteiger partial charge < -0.3 is 19.5 Å². The first kappa shape index (κ1) is 27.1. The number of Topliss-reactive ketones (excluding diaryl/α,β-unsaturated/α-hetero) is 1. The van der Waals surface area contributed by atoms with Crippen molar-refractivity contribution in [1.82, 2.24) is 0 Å². The van der Waals surface area contributed by atoms with E-state index in [-0.39, 0.29) is 27.7 Å². The Morgan fingerprint density at radius 2 is 1.55 bits per heavy atom. The topological polar surface area (TPSA) is 79.3 Å². The van der Waals surface area contributed by atoms with Gasteiger partial charge in [-0.2, -0.15) is 0 Å². The van der Waals surface area contributed by atoms with Gasteiger partial charge in [-0.1, -0.05) is 41.4 Å². The van der Waals surface area contributed by atoms with E-state index < -0.39 is 17.7 Å². The number of aryl methyl sites for hydroxylation is 1. The Labute approximate surface area is 227 Å². The van der Waals surface area contributed by atoms with E-state index in [0.717, 1.165) is 24.3 Å². The number of nitrogens with zero attached hydrogens (tertiary/aromatic N) is 2. The maximum Gasteiger partial charge on any atom is 0.300 e. The van der Waals surface area contributed by atoms with E-state index in [0.29, 0.717) is 17.0 Å². The number of carbonyl (C=O) groups is 2. The van der Waals surface area contributed by atoms with Crippen molar-refractivity contribution in [1.29, 1.82) is 0 Å². The van der Waals surface area contributed by atoms with Crippen LogP contribution in [0.1, 0.15) is 36.6 Å². The molecule has 1 N–H and O–H groups in total. The molecule has 0 spiro atoms. The van der Waals surface area contributed by atoms with Gasteiger partial charge in [-0.25, -0.2) is 0 Å². The molecule has 1 heterocycles. The fourth-order valence-electron chi connectivity index (χ4n) is 4.77. The van der Waals surface area contributed by atoms with Crippen molar-refractivity contribution in [2.24, 2.45) is 0 Å². The van der Waals surface area contributed by atoms with Crippen LogP contribution in [0.2, 0.25) is 5.02 Å². The highest BCUT2D eigenvalue weighted by molar-refractivity contribution is 6.51. The van der Waals surface area contributed by atoms with Gasteiger partial charge >= 0.3 is 0 Å². The number of anilines is 2. The van der Waals surface area contributed by atoms with E-state index in [9.17, 15) is 14.7 Å². The lowest BCUT2D eigenvalue weighted by Gasteiger charge is -2.27. The van der Waals surface area contributed by atoms with E-state index in [1.165, 1.54) is 31.3 Å². The summed E-state index contributed by atoms with van der Waals surface area (Å²) in [5.41, 5.74) is 3.42. The average Bonchev–Trinajstić information content (AvgIpc) is 3.19. The van der Waals surface area contributed by atoms with Crippen LogP contribution in [0.4, 0.5) is 11.4 Å². The zero-order valence-corrected chi connectivity index (χ0v) is 22.9. The first-order valence-corrected chi connectivity index (χ1v) is 12.8. The number of hydrogen-bond donors (Lipinski definition) is 1. The van der Waals surface area contributed by atoms with Crippen molar-refractivity contribution in [2.45, 2.75) is 26.8 Å². The molecule has 1 aliphatic heterocycles. The maximum absolute atomic E-state index is 13.5. The Balaban J connectivity index is 1.95. The highest BCUT2D eigenvalue weighted by Gasteiger charge is 2.47. The minimum atomic E-state index is -0.866. The molecule has 3 aromatic carbocycles. The van der Waals surface area contributed by atoms with Gasteiger partial charge in [-0.15, -0.1) is 0 Å². The van der Waals surface area contributed by atoms with Gasteiger partial charge in [0.1, 0.15) is 17.3 Å². The van der Waals surface area contributed by atoms with Crippen molar-refractivity contribution in [3.63, 3.8) is 0 Å². The monoisotopic (exact) mass is 534 g/mol. The van der Waals surface area contributed by atoms with Gasteiger partial charge in [0.25, 0.3) is 11.7 Å². The molecular formula is C30H31ClN2O5. The summed E-state index contributed by atoms with van der Waals surface area (Å²) in [7, 11) is 2.88. The van der Waals surface area contributed by atoms with E-state index in [1.807, 2.05) is 43.3 Å². The molecule has 198 valence electrons. The van der Waals surface area contributed by atoms with Gasteiger partial charge in [0, 0.05) is 30.5 Å². The number of halogens is 1. The van der Waals surface area contributed by atoms with Crippen LogP contribution in [0.3, 0.4) is 0 Å². The molecule has 1 saturated heterocycles. The van der Waals surface area contributed by atoms with E-state index in [2.05, 4.69) is 18.7 Å². The normalized spacial score (nSPS) is 16.6. The van der Waals surface area contributed by atoms with E-state index >= 15 is 0 Å². The minimum Gasteiger partial charge on any atom is -0.507 e. The summed E-state index contributed by atoms with van der Waals surface area (Å²) in [6.07, 6.45) is 0. The van der Waals surface area contributed by atoms with Crippen molar-refractivity contribution >= 4 is 40.4 Å². The molecule has 0 aliphatic carbocycles. The molecular weight excluding hydrogens is 504 g/mol. The molecule has 0 saturated carbocycles. The number of aliphatic hydroxyl groups is 1. The molecule has 1 amide bonds. The largest absolute Gasteiger partial charge is 0.507 e. The number of carbonyl (C=O) groups excluding carboxylic acids is 2. The second-order valence-electron chi connectivity index (χ2n) is 8.96. The first-order valence-electron chi connectivity index (χ1n) is 12.4. The minimum absolute atomic E-state index is 0.0474. The van der Waals surface area contributed by atoms with E-state index in [4.69, 9.17) is 21.1 Å². The van der Waals surface area contributed by atoms with Gasteiger partial charge in [-0.05, 0) is 56.7 Å². The standard InChI is InChI=1S/C30H31ClN2O5/c1-6-32(7-2)20-14-10-19(11-15-20)27-26(28(34)22-16-25(38-5)23(31)17-24(22)37-4)29(35)30(36)33(27)21-12-8-18(3)9-13-21/h8-17,27,34H,6-7H2,1-5H3/b28-26+. The number of hydrogen-bond acceptors (Lipinski definition) is 6. The number of benzene rings is 3. The van der Waals surface area contributed by atoms with Gasteiger partial charge in [0.2, 0.25) is 0 Å². The summed E-state index contributed by atoms with van der Waals surface area (Å²) < 4.78 is 10.8. The van der Waals surface area contributed by atoms with Crippen molar-refractivity contribution in [3.8, 4) is 11.5 Å². The Kier molecular flexibility index (Phi) is 7.97. The van der Waals surface area contributed by atoms with Crippen LogP contribution < -0.4 is 19.3 Å². The summed E-state index contributed by atoms with van der Waals surface area (Å²) in [6, 6.07) is 17.2. The molecule has 1 aliphatic rings. The van der Waals surface area contributed by atoms with Crippen molar-refractivity contribution in [3.05, 3.63) is 87.9 Å². The summed E-state index contributed by atoms with van der Waals surface area (Å²) in [5, 5.41) is 11.9. The van der Waals surface area contributed by atoms with Crippen LogP contribution >= 0.6 is 11.6 Å². The molecule has 1 atom stereocenters. The van der Waals surface area contributed by atoms with Crippen LogP contribution in [-0.2, 0) is 9.59 Å². The molecule has 0 radical (unpaired) electrons. The predicted octanol–water partition coefficient (Wildman–Crippen LogP) is 6.14. The lowest BCUT2D eigenvalue weighted by atomic mass is 9.94. The highest BCUT2D eigenvalue weighted by atomic mass is 35.5. The zero-order chi connectivity index (χ0) is 27.6. The molecule has 4 rings (SSSR count). The third-order valence-corrected chi connectivity index (χ3v) is 7.12. The molecule has 1 fully saturated rings. The molecule has 7 nitrogen and oxygen atoms in total. The Hall–Kier alpha value is -3.97. The number of ketones is 1. The summed E-state index contributed by atoms with van der Waals surface area (Å²) >= 11 is 6.27. The fourth-order valence-corrected chi connectivity index (χ4v) is 5.00. The Morgan fingerprint density at radius 3 is 2.11 bits per heavy atom.